The van der Waals surface area contributed by atoms with Crippen LogP contribution in [0, 0.1) is 0 Å². The van der Waals surface area contributed by atoms with Gasteiger partial charge >= 0.3 is 11.9 Å². The molecule has 0 atom stereocenters. The first-order valence-corrected chi connectivity index (χ1v) is 9.45. The van der Waals surface area contributed by atoms with E-state index in [4.69, 9.17) is 26.8 Å². The highest BCUT2D eigenvalue weighted by Crippen LogP contribution is 2.24. The summed E-state index contributed by atoms with van der Waals surface area (Å²) in [4.78, 5) is 23.0. The first-order valence-electron chi connectivity index (χ1n) is 9.07. The molecule has 0 aromatic heterocycles. The predicted octanol–water partition coefficient (Wildman–Crippen LogP) is 5.49. The van der Waals surface area contributed by atoms with Crippen LogP contribution in [0.1, 0.15) is 20.7 Å². The fourth-order valence-electron chi connectivity index (χ4n) is 3.17. The van der Waals surface area contributed by atoms with E-state index in [-0.39, 0.29) is 11.9 Å². The summed E-state index contributed by atoms with van der Waals surface area (Å²) in [5.41, 5.74) is 7.28. The summed E-state index contributed by atoms with van der Waals surface area (Å²) in [5, 5.41) is 4.13. The van der Waals surface area contributed by atoms with Gasteiger partial charge in [0.15, 0.2) is 0 Å². The summed E-state index contributed by atoms with van der Waals surface area (Å²) < 4.78 is 9.41. The summed E-state index contributed by atoms with van der Waals surface area (Å²) >= 11 is 5.92. The van der Waals surface area contributed by atoms with Gasteiger partial charge in [-0.25, -0.2) is 9.59 Å². The number of nitrogen functional groups attached to an aromatic ring is 1. The Balaban J connectivity index is 0.000000171. The van der Waals surface area contributed by atoms with Crippen molar-refractivity contribution >= 4 is 50.8 Å². The van der Waals surface area contributed by atoms with Crippen LogP contribution >= 0.6 is 11.6 Å². The molecule has 4 aromatic rings. The Labute approximate surface area is 179 Å². The maximum absolute atomic E-state index is 11.5. The van der Waals surface area contributed by atoms with Gasteiger partial charge in [0.25, 0.3) is 0 Å². The molecule has 6 heteroatoms. The molecule has 152 valence electrons. The molecule has 0 aliphatic carbocycles. The molecule has 0 aliphatic rings. The third-order valence-corrected chi connectivity index (χ3v) is 4.74. The van der Waals surface area contributed by atoms with Crippen molar-refractivity contribution in [1.29, 1.82) is 0 Å². The SMILES string of the molecule is COC(=O)c1cc(Cl)cc2ccccc12.COC(=O)c1cc(N)cc2ccccc12. The van der Waals surface area contributed by atoms with E-state index < -0.39 is 0 Å². The Hall–Kier alpha value is -3.57. The molecule has 5 nitrogen and oxygen atoms in total. The summed E-state index contributed by atoms with van der Waals surface area (Å²) in [6, 6.07) is 22.1. The summed E-state index contributed by atoms with van der Waals surface area (Å²) in [5.74, 6) is -0.729. The molecule has 0 radical (unpaired) electrons. The number of esters is 2. The van der Waals surface area contributed by atoms with Crippen molar-refractivity contribution < 1.29 is 19.1 Å². The highest BCUT2D eigenvalue weighted by Gasteiger charge is 2.11. The van der Waals surface area contributed by atoms with Gasteiger partial charge < -0.3 is 15.2 Å². The van der Waals surface area contributed by atoms with Crippen LogP contribution in [0.25, 0.3) is 21.5 Å². The zero-order valence-corrected chi connectivity index (χ0v) is 17.3. The summed E-state index contributed by atoms with van der Waals surface area (Å²) in [7, 11) is 2.72. The average Bonchev–Trinajstić information content (AvgIpc) is 2.77. The molecule has 0 heterocycles. The summed E-state index contributed by atoms with van der Waals surface area (Å²) in [6.07, 6.45) is 0. The molecule has 0 fully saturated rings. The Morgan fingerprint density at radius 3 is 1.73 bits per heavy atom. The lowest BCUT2D eigenvalue weighted by Gasteiger charge is -2.05. The largest absolute Gasteiger partial charge is 0.465 e. The van der Waals surface area contributed by atoms with E-state index in [1.54, 1.807) is 12.1 Å². The van der Waals surface area contributed by atoms with E-state index in [0.29, 0.717) is 21.8 Å². The zero-order valence-electron chi connectivity index (χ0n) is 16.5. The number of carbonyl (C=O) groups excluding carboxylic acids is 2. The van der Waals surface area contributed by atoms with Crippen LogP contribution in [0.4, 0.5) is 5.69 Å². The highest BCUT2D eigenvalue weighted by atomic mass is 35.5. The fourth-order valence-corrected chi connectivity index (χ4v) is 3.39. The average molecular weight is 422 g/mol. The number of ether oxygens (including phenoxy) is 2. The van der Waals surface area contributed by atoms with Gasteiger partial charge in [-0.1, -0.05) is 60.1 Å². The minimum Gasteiger partial charge on any atom is -0.465 e. The lowest BCUT2D eigenvalue weighted by molar-refractivity contribution is 0.0594. The second-order valence-electron chi connectivity index (χ2n) is 6.45. The number of rotatable bonds is 2. The Morgan fingerprint density at radius 1 is 0.733 bits per heavy atom. The van der Waals surface area contributed by atoms with E-state index in [1.807, 2.05) is 60.7 Å². The Morgan fingerprint density at radius 2 is 1.20 bits per heavy atom. The second-order valence-corrected chi connectivity index (χ2v) is 6.88. The number of fused-ring (bicyclic) bond motifs is 2. The summed E-state index contributed by atoms with van der Waals surface area (Å²) in [6.45, 7) is 0. The Bertz CT molecular complexity index is 1140. The van der Waals surface area contributed by atoms with Crippen LogP contribution in [-0.4, -0.2) is 26.2 Å². The minimum absolute atomic E-state index is 0.363. The smallest absolute Gasteiger partial charge is 0.338 e. The van der Waals surface area contributed by atoms with Crippen LogP contribution in [0.2, 0.25) is 5.02 Å². The Kier molecular flexibility index (Phi) is 6.54. The predicted molar refractivity (Wildman–Crippen MR) is 120 cm³/mol. The van der Waals surface area contributed by atoms with Gasteiger partial charge in [-0.15, -0.1) is 0 Å². The second kappa shape index (κ2) is 9.29. The molecule has 0 aliphatic heterocycles. The molecular weight excluding hydrogens is 402 g/mol. The van der Waals surface area contributed by atoms with E-state index in [1.165, 1.54) is 14.2 Å². The molecule has 4 aromatic carbocycles. The number of anilines is 1. The molecule has 0 saturated carbocycles. The topological polar surface area (TPSA) is 78.6 Å². The van der Waals surface area contributed by atoms with Crippen molar-refractivity contribution in [2.75, 3.05) is 20.0 Å². The lowest BCUT2D eigenvalue weighted by atomic mass is 10.0. The third-order valence-electron chi connectivity index (χ3n) is 4.52. The maximum Gasteiger partial charge on any atom is 0.338 e. The van der Waals surface area contributed by atoms with E-state index in [9.17, 15) is 9.59 Å². The van der Waals surface area contributed by atoms with E-state index in [2.05, 4.69) is 0 Å². The van der Waals surface area contributed by atoms with Crippen molar-refractivity contribution in [1.82, 2.24) is 0 Å². The zero-order chi connectivity index (χ0) is 21.7. The molecule has 4 rings (SSSR count). The van der Waals surface area contributed by atoms with E-state index in [0.717, 1.165) is 21.5 Å². The molecule has 2 N–H and O–H groups in total. The molecule has 30 heavy (non-hydrogen) atoms. The van der Waals surface area contributed by atoms with Crippen molar-refractivity contribution in [2.24, 2.45) is 0 Å². The van der Waals surface area contributed by atoms with Gasteiger partial charge in [-0.2, -0.15) is 0 Å². The normalized spacial score (nSPS) is 10.2. The molecule has 0 bridgehead atoms. The fraction of sp³-hybridized carbons (Fsp3) is 0.0833. The molecule has 0 unspecified atom stereocenters. The van der Waals surface area contributed by atoms with Crippen molar-refractivity contribution in [3.8, 4) is 0 Å². The number of hydrogen-bond acceptors (Lipinski definition) is 5. The number of halogens is 1. The van der Waals surface area contributed by atoms with Crippen LogP contribution in [0.3, 0.4) is 0 Å². The van der Waals surface area contributed by atoms with Gasteiger partial charge in [0.2, 0.25) is 0 Å². The van der Waals surface area contributed by atoms with Crippen LogP contribution in [-0.2, 0) is 9.47 Å². The minimum atomic E-state index is -0.367. The van der Waals surface area contributed by atoms with Crippen LogP contribution in [0.5, 0.6) is 0 Å². The van der Waals surface area contributed by atoms with Gasteiger partial charge in [-0.05, 0) is 45.8 Å². The monoisotopic (exact) mass is 421 g/mol. The number of methoxy groups -OCH3 is 2. The van der Waals surface area contributed by atoms with Gasteiger partial charge in [0.05, 0.1) is 25.3 Å². The van der Waals surface area contributed by atoms with Crippen molar-refractivity contribution in [2.45, 2.75) is 0 Å². The van der Waals surface area contributed by atoms with Gasteiger partial charge in [0, 0.05) is 10.7 Å². The van der Waals surface area contributed by atoms with E-state index >= 15 is 0 Å². The molecule has 0 spiro atoms. The lowest BCUT2D eigenvalue weighted by Crippen LogP contribution is -2.03. The standard InChI is InChI=1S/C12H9ClO2.C12H11NO2/c2*1-15-12(14)11-7-9(13)6-8-4-2-3-5-10(8)11/h2-7H,1H3;2-7H,13H2,1H3. The van der Waals surface area contributed by atoms with Crippen LogP contribution in [0.15, 0.2) is 72.8 Å². The third kappa shape index (κ3) is 4.53. The number of nitrogens with two attached hydrogens (primary N) is 1. The highest BCUT2D eigenvalue weighted by molar-refractivity contribution is 6.32. The molecule has 0 saturated heterocycles. The molecular formula is C24H20ClNO4. The van der Waals surface area contributed by atoms with Gasteiger partial charge in [-0.3, -0.25) is 0 Å². The van der Waals surface area contributed by atoms with Gasteiger partial charge in [0.1, 0.15) is 0 Å². The van der Waals surface area contributed by atoms with Crippen molar-refractivity contribution in [3.05, 3.63) is 88.9 Å². The van der Waals surface area contributed by atoms with Crippen LogP contribution < -0.4 is 5.73 Å². The number of hydrogen-bond donors (Lipinski definition) is 1. The van der Waals surface area contributed by atoms with Crippen molar-refractivity contribution in [3.63, 3.8) is 0 Å². The quantitative estimate of drug-likeness (QED) is 0.342. The molecule has 0 amide bonds. The number of benzene rings is 4. The first-order chi connectivity index (χ1) is 14.4. The number of carbonyl (C=O) groups is 2. The first kappa shape index (κ1) is 21.1. The maximum atomic E-state index is 11.5.